The molecule has 138 valence electrons. The summed E-state index contributed by atoms with van der Waals surface area (Å²) in [4.78, 5) is 40.2. The largest absolute Gasteiger partial charge is 0.468 e. The summed E-state index contributed by atoms with van der Waals surface area (Å²) in [5, 5.41) is 3.23. The van der Waals surface area contributed by atoms with Crippen molar-refractivity contribution in [3.63, 3.8) is 0 Å². The summed E-state index contributed by atoms with van der Waals surface area (Å²) >= 11 is 0. The molecule has 6 heteroatoms. The predicted octanol–water partition coefficient (Wildman–Crippen LogP) is 1.85. The first-order chi connectivity index (χ1) is 13.0. The molecule has 0 radical (unpaired) electrons. The van der Waals surface area contributed by atoms with Crippen LogP contribution in [0.3, 0.4) is 0 Å². The number of anilines is 1. The molecule has 0 unspecified atom stereocenters. The van der Waals surface area contributed by atoms with Gasteiger partial charge in [0, 0.05) is 0 Å². The van der Waals surface area contributed by atoms with Gasteiger partial charge in [-0.3, -0.25) is 19.7 Å². The van der Waals surface area contributed by atoms with Crippen LogP contribution in [0.4, 0.5) is 5.69 Å². The summed E-state index contributed by atoms with van der Waals surface area (Å²) < 4.78 is 4.91. The van der Waals surface area contributed by atoms with Gasteiger partial charge in [-0.1, -0.05) is 48.5 Å². The number of hydrogen-bond acceptors (Lipinski definition) is 5. The van der Waals surface area contributed by atoms with Gasteiger partial charge in [0.2, 0.25) is 11.8 Å². The zero-order chi connectivity index (χ0) is 19.2. The second-order valence-corrected chi connectivity index (χ2v) is 7.06. The highest BCUT2D eigenvalue weighted by Crippen LogP contribution is 2.48. The molecule has 2 fully saturated rings. The Morgan fingerprint density at radius 1 is 1.00 bits per heavy atom. The number of nitrogens with zero attached hydrogens (tertiary/aromatic N) is 1. The minimum absolute atomic E-state index is 0.304. The Morgan fingerprint density at radius 2 is 1.59 bits per heavy atom. The molecule has 2 aromatic carbocycles. The van der Waals surface area contributed by atoms with Gasteiger partial charge in [-0.15, -0.1) is 0 Å². The monoisotopic (exact) mass is 364 g/mol. The molecule has 2 aliphatic heterocycles. The van der Waals surface area contributed by atoms with Crippen molar-refractivity contribution in [1.82, 2.24) is 5.32 Å². The minimum Gasteiger partial charge on any atom is -0.468 e. The van der Waals surface area contributed by atoms with Gasteiger partial charge < -0.3 is 4.74 Å². The van der Waals surface area contributed by atoms with Crippen molar-refractivity contribution in [3.8, 4) is 0 Å². The van der Waals surface area contributed by atoms with Gasteiger partial charge >= 0.3 is 5.97 Å². The van der Waals surface area contributed by atoms with Crippen molar-refractivity contribution in [2.24, 2.45) is 11.8 Å². The number of fused-ring (bicyclic) bond motifs is 1. The molecule has 27 heavy (non-hydrogen) atoms. The molecule has 0 saturated carbocycles. The molecule has 2 amide bonds. The lowest BCUT2D eigenvalue weighted by molar-refractivity contribution is -0.145. The van der Waals surface area contributed by atoms with Crippen LogP contribution in [0.1, 0.15) is 12.5 Å². The van der Waals surface area contributed by atoms with Crippen molar-refractivity contribution in [1.29, 1.82) is 0 Å². The van der Waals surface area contributed by atoms with Gasteiger partial charge in [0.1, 0.15) is 6.04 Å². The lowest BCUT2D eigenvalue weighted by Crippen LogP contribution is -2.49. The number of ether oxygens (including phenoxy) is 1. The number of imide groups is 1. The van der Waals surface area contributed by atoms with E-state index in [0.29, 0.717) is 5.69 Å². The first-order valence-electron chi connectivity index (χ1n) is 8.83. The van der Waals surface area contributed by atoms with Crippen molar-refractivity contribution in [3.05, 3.63) is 66.2 Å². The number of amides is 2. The highest BCUT2D eigenvalue weighted by atomic mass is 16.5. The summed E-state index contributed by atoms with van der Waals surface area (Å²) in [6.07, 6.45) is 0. The van der Waals surface area contributed by atoms with E-state index >= 15 is 0 Å². The number of esters is 1. The molecule has 4 atom stereocenters. The van der Waals surface area contributed by atoms with Crippen LogP contribution >= 0.6 is 0 Å². The summed E-state index contributed by atoms with van der Waals surface area (Å²) in [5.41, 5.74) is 0.504. The Morgan fingerprint density at radius 3 is 2.19 bits per heavy atom. The fraction of sp³-hybridized carbons (Fsp3) is 0.286. The third kappa shape index (κ3) is 2.48. The lowest BCUT2D eigenvalue weighted by Gasteiger charge is -2.31. The molecular formula is C21H20N2O4. The summed E-state index contributed by atoms with van der Waals surface area (Å²) in [5.74, 6) is -2.73. The quantitative estimate of drug-likeness (QED) is 0.665. The zero-order valence-corrected chi connectivity index (χ0v) is 15.1. The maximum Gasteiger partial charge on any atom is 0.323 e. The average Bonchev–Trinajstić information content (AvgIpc) is 3.17. The van der Waals surface area contributed by atoms with Crippen LogP contribution in [0.2, 0.25) is 0 Å². The van der Waals surface area contributed by atoms with E-state index in [0.717, 1.165) is 5.56 Å². The van der Waals surface area contributed by atoms with E-state index in [-0.39, 0.29) is 11.8 Å². The van der Waals surface area contributed by atoms with E-state index in [2.05, 4.69) is 5.32 Å². The standard InChI is InChI=1S/C21H20N2O4/c1-21(13-9-5-3-6-10-13)16-15(17(22-21)20(26)27-2)18(24)23(19(16)25)14-11-7-4-8-12-14/h3-12,15-17,22H,1-2H3/t15-,16-,17+,21+/m1/s1. The number of benzene rings is 2. The number of carbonyl (C=O) groups is 3. The zero-order valence-electron chi connectivity index (χ0n) is 15.1. The lowest BCUT2D eigenvalue weighted by atomic mass is 9.77. The first kappa shape index (κ1) is 17.4. The predicted molar refractivity (Wildman–Crippen MR) is 98.6 cm³/mol. The molecule has 0 aromatic heterocycles. The molecule has 1 N–H and O–H groups in total. The fourth-order valence-electron chi connectivity index (χ4n) is 4.35. The number of methoxy groups -OCH3 is 1. The van der Waals surface area contributed by atoms with Gasteiger partial charge in [0.05, 0.1) is 30.2 Å². The maximum absolute atomic E-state index is 13.4. The molecule has 6 nitrogen and oxygen atoms in total. The second-order valence-electron chi connectivity index (χ2n) is 7.06. The van der Waals surface area contributed by atoms with Gasteiger partial charge in [0.25, 0.3) is 0 Å². The van der Waals surface area contributed by atoms with Crippen LogP contribution in [-0.4, -0.2) is 30.9 Å². The Balaban J connectivity index is 1.84. The molecule has 0 bridgehead atoms. The van der Waals surface area contributed by atoms with Crippen LogP contribution < -0.4 is 10.2 Å². The number of carbonyl (C=O) groups excluding carboxylic acids is 3. The first-order valence-corrected chi connectivity index (χ1v) is 8.83. The van der Waals surface area contributed by atoms with Gasteiger partial charge in [-0.25, -0.2) is 4.90 Å². The number of para-hydroxylation sites is 1. The Bertz CT molecular complexity index is 899. The van der Waals surface area contributed by atoms with E-state index in [9.17, 15) is 14.4 Å². The molecule has 4 rings (SSSR count). The molecule has 2 heterocycles. The Labute approximate surface area is 157 Å². The molecule has 0 spiro atoms. The minimum atomic E-state index is -0.879. The molecule has 2 aromatic rings. The van der Waals surface area contributed by atoms with Gasteiger partial charge in [-0.05, 0) is 24.6 Å². The SMILES string of the molecule is COC(=O)[C@H]1N[C@@](C)(c2ccccc2)[C@H]2C(=O)N(c3ccccc3)C(=O)[C@@H]12. The summed E-state index contributed by atoms with van der Waals surface area (Å²) in [6.45, 7) is 1.86. The third-order valence-corrected chi connectivity index (χ3v) is 5.63. The summed E-state index contributed by atoms with van der Waals surface area (Å²) in [6, 6.07) is 17.4. The van der Waals surface area contributed by atoms with E-state index in [4.69, 9.17) is 4.74 Å². The van der Waals surface area contributed by atoms with Crippen molar-refractivity contribution in [2.75, 3.05) is 12.0 Å². The Hall–Kier alpha value is -2.99. The van der Waals surface area contributed by atoms with Crippen LogP contribution in [0.15, 0.2) is 60.7 Å². The van der Waals surface area contributed by atoms with Crippen LogP contribution in [0, 0.1) is 11.8 Å². The van der Waals surface area contributed by atoms with Gasteiger partial charge in [-0.2, -0.15) is 0 Å². The van der Waals surface area contributed by atoms with Gasteiger partial charge in [0.15, 0.2) is 0 Å². The topological polar surface area (TPSA) is 75.7 Å². The Kier molecular flexibility index (Phi) is 4.08. The molecule has 2 aliphatic rings. The smallest absolute Gasteiger partial charge is 0.323 e. The van der Waals surface area contributed by atoms with E-state index in [1.807, 2.05) is 43.3 Å². The van der Waals surface area contributed by atoms with E-state index in [1.165, 1.54) is 12.0 Å². The number of nitrogens with one attached hydrogen (secondary N) is 1. The van der Waals surface area contributed by atoms with Crippen molar-refractivity contribution in [2.45, 2.75) is 18.5 Å². The number of hydrogen-bond donors (Lipinski definition) is 1. The third-order valence-electron chi connectivity index (χ3n) is 5.63. The van der Waals surface area contributed by atoms with Crippen molar-refractivity contribution < 1.29 is 19.1 Å². The summed E-state index contributed by atoms with van der Waals surface area (Å²) in [7, 11) is 1.29. The van der Waals surface area contributed by atoms with E-state index < -0.39 is 29.4 Å². The highest BCUT2D eigenvalue weighted by Gasteiger charge is 2.66. The van der Waals surface area contributed by atoms with Crippen molar-refractivity contribution >= 4 is 23.5 Å². The normalized spacial score (nSPS) is 29.7. The van der Waals surface area contributed by atoms with Crippen LogP contribution in [0.5, 0.6) is 0 Å². The maximum atomic E-state index is 13.4. The average molecular weight is 364 g/mol. The molecular weight excluding hydrogens is 344 g/mol. The van der Waals surface area contributed by atoms with Crippen LogP contribution in [-0.2, 0) is 24.7 Å². The van der Waals surface area contributed by atoms with Crippen LogP contribution in [0.25, 0.3) is 0 Å². The molecule has 2 saturated heterocycles. The second kappa shape index (κ2) is 6.32. The molecule has 0 aliphatic carbocycles. The fourth-order valence-corrected chi connectivity index (χ4v) is 4.35. The highest BCUT2D eigenvalue weighted by molar-refractivity contribution is 6.24. The van der Waals surface area contributed by atoms with E-state index in [1.54, 1.807) is 24.3 Å². The number of rotatable bonds is 3.